The summed E-state index contributed by atoms with van der Waals surface area (Å²) in [6.45, 7) is 15.8. The number of pyridine rings is 2. The Morgan fingerprint density at radius 3 is 1.23 bits per heavy atom. The number of nitrogens with zero attached hydrogens (tertiary/aromatic N) is 5. The van der Waals surface area contributed by atoms with Crippen LogP contribution in [0, 0.1) is 32.4 Å². The van der Waals surface area contributed by atoms with Gasteiger partial charge in [-0.2, -0.15) is 26.3 Å². The Morgan fingerprint density at radius 1 is 0.578 bits per heavy atom. The van der Waals surface area contributed by atoms with Crippen LogP contribution in [0.1, 0.15) is 146 Å². The third-order valence-corrected chi connectivity index (χ3v) is 12.0. The molecule has 7 rings (SSSR count). The van der Waals surface area contributed by atoms with Crippen LogP contribution in [0.4, 0.5) is 39.9 Å². The lowest BCUT2D eigenvalue weighted by Crippen LogP contribution is -2.45. The standard InChI is InChI=1S/C28H31F4N3O5.C23H23F4N3O3.C5H5NO3.ClH/c1-16-33-15-22(39-16)21(36)11-12-27(38,28(30,31)32)23-14-18(26(5,6)35-24(37)40-25(2,3)4)13-20(34-23)17-7-9-19(29)10-8-17;1-13-29-12-19(33-13)18(31)8-9-22(32,23(25,26)27)20-11-15(21(2,3)28)10-17(30-20)14-4-6-16(24)7-5-14;1-3-6-2-4(9-3)5(7)8;/h7-10,13-15,38H,11-12H2,1-6H3,(H,35,37);4-7,10-12,32H,8-9,28H2,1-3H3;2H,1H3,(H,7,8);1H. The molecule has 83 heavy (non-hydrogen) atoms. The maximum Gasteiger partial charge on any atom is 0.422 e. The van der Waals surface area contributed by atoms with E-state index in [0.29, 0.717) is 11.5 Å². The highest BCUT2D eigenvalue weighted by Crippen LogP contribution is 2.45. The fourth-order valence-electron chi connectivity index (χ4n) is 7.49. The molecular formula is C56H60ClF8N7O11. The lowest BCUT2D eigenvalue weighted by atomic mass is 9.86. The number of aryl methyl sites for hydroxylation is 3. The second-order valence-electron chi connectivity index (χ2n) is 20.8. The van der Waals surface area contributed by atoms with Gasteiger partial charge in [0.1, 0.15) is 17.2 Å². The van der Waals surface area contributed by atoms with Crippen molar-refractivity contribution in [3.63, 3.8) is 0 Å². The molecule has 6 N–H and O–H groups in total. The van der Waals surface area contributed by atoms with Crippen LogP contribution < -0.4 is 11.1 Å². The summed E-state index contributed by atoms with van der Waals surface area (Å²) in [4.78, 5) is 66.7. The highest BCUT2D eigenvalue weighted by Gasteiger charge is 2.57. The van der Waals surface area contributed by atoms with Gasteiger partial charge in [-0.25, -0.2) is 43.3 Å². The average Bonchev–Trinajstić information content (AvgIpc) is 4.24. The van der Waals surface area contributed by atoms with E-state index in [4.69, 9.17) is 24.4 Å². The van der Waals surface area contributed by atoms with E-state index < -0.39 is 113 Å². The van der Waals surface area contributed by atoms with Crippen LogP contribution in [0.25, 0.3) is 22.5 Å². The van der Waals surface area contributed by atoms with Crippen molar-refractivity contribution < 1.29 is 87.6 Å². The van der Waals surface area contributed by atoms with E-state index >= 15 is 0 Å². The Morgan fingerprint density at radius 2 is 0.928 bits per heavy atom. The van der Waals surface area contributed by atoms with Gasteiger partial charge < -0.3 is 44.4 Å². The molecule has 0 radical (unpaired) electrons. The van der Waals surface area contributed by atoms with Gasteiger partial charge in [0, 0.05) is 50.3 Å². The quantitative estimate of drug-likeness (QED) is 0.0444. The number of aromatic carboxylic acids is 1. The van der Waals surface area contributed by atoms with Crippen LogP contribution in [0.3, 0.4) is 0 Å². The number of aromatic nitrogens is 5. The normalized spacial score (nSPS) is 13.4. The molecule has 0 spiro atoms. The molecule has 18 nitrogen and oxygen atoms in total. The SMILES string of the molecule is Cc1ncc(C(=O)CCC(O)(c2cc(C(C)(C)N)cc(-c3ccc(F)cc3)n2)C(F)(F)F)o1.Cc1ncc(C(=O)CCC(O)(c2cc(C(C)(C)NC(=O)OC(C)(C)C)cc(-c3ccc(F)cc3)n2)C(F)(F)F)o1.Cc1ncc(C(=O)O)o1.Cl. The van der Waals surface area contributed by atoms with E-state index in [9.17, 15) is 64.5 Å². The predicted molar refractivity (Wildman–Crippen MR) is 284 cm³/mol. The summed E-state index contributed by atoms with van der Waals surface area (Å²) in [5, 5.41) is 32.8. The summed E-state index contributed by atoms with van der Waals surface area (Å²) in [5.41, 5.74) is -4.59. The summed E-state index contributed by atoms with van der Waals surface area (Å²) in [5.74, 6) is -3.55. The van der Waals surface area contributed by atoms with Gasteiger partial charge in [-0.05, 0) is 145 Å². The number of carboxylic acids is 1. The molecule has 448 valence electrons. The number of alkyl carbamates (subject to hydrolysis) is 1. The van der Waals surface area contributed by atoms with Crippen molar-refractivity contribution in [3.05, 3.63) is 160 Å². The lowest BCUT2D eigenvalue weighted by molar-refractivity contribution is -0.270. The molecule has 0 aliphatic carbocycles. The number of ether oxygens (including phenoxy) is 1. The largest absolute Gasteiger partial charge is 0.475 e. The number of amides is 1. The number of nitrogens with one attached hydrogen (secondary N) is 1. The van der Waals surface area contributed by atoms with Gasteiger partial charge in [0.15, 0.2) is 40.8 Å². The second kappa shape index (κ2) is 26.1. The molecule has 0 bridgehead atoms. The molecule has 0 fully saturated rings. The summed E-state index contributed by atoms with van der Waals surface area (Å²) >= 11 is 0. The first-order valence-electron chi connectivity index (χ1n) is 24.7. The number of benzene rings is 2. The number of nitrogens with two attached hydrogens (primary N) is 1. The van der Waals surface area contributed by atoms with Crippen molar-refractivity contribution in [3.8, 4) is 22.5 Å². The van der Waals surface area contributed by atoms with Gasteiger partial charge in [0.25, 0.3) is 0 Å². The fourth-order valence-corrected chi connectivity index (χ4v) is 7.49. The number of carbonyl (C=O) groups excluding carboxylic acids is 3. The van der Waals surface area contributed by atoms with Gasteiger partial charge >= 0.3 is 24.4 Å². The Hall–Kier alpha value is -7.94. The van der Waals surface area contributed by atoms with Gasteiger partial charge in [-0.3, -0.25) is 9.59 Å². The number of hydrogen-bond donors (Lipinski definition) is 5. The van der Waals surface area contributed by atoms with Crippen LogP contribution in [-0.4, -0.2) is 81.8 Å². The minimum Gasteiger partial charge on any atom is -0.475 e. The number of Topliss-reactive ketones (excluding diaryl/α,β-unsaturated/α-hetero) is 2. The van der Waals surface area contributed by atoms with E-state index in [2.05, 4.69) is 34.7 Å². The van der Waals surface area contributed by atoms with Crippen LogP contribution in [-0.2, 0) is 27.0 Å². The van der Waals surface area contributed by atoms with Crippen LogP contribution in [0.2, 0.25) is 0 Å². The molecule has 2 unspecified atom stereocenters. The Bertz CT molecular complexity index is 3390. The second-order valence-corrected chi connectivity index (χ2v) is 20.8. The zero-order chi connectivity index (χ0) is 61.6. The van der Waals surface area contributed by atoms with Crippen molar-refractivity contribution in [1.82, 2.24) is 30.2 Å². The molecule has 5 heterocycles. The van der Waals surface area contributed by atoms with Crippen molar-refractivity contribution >= 4 is 36.0 Å². The number of aliphatic hydroxyl groups is 2. The van der Waals surface area contributed by atoms with Crippen LogP contribution >= 0.6 is 12.4 Å². The van der Waals surface area contributed by atoms with Crippen LogP contribution in [0.5, 0.6) is 0 Å². The molecule has 0 saturated heterocycles. The zero-order valence-corrected chi connectivity index (χ0v) is 47.2. The molecule has 7 aromatic rings. The molecule has 0 saturated carbocycles. The molecule has 1 amide bonds. The maximum atomic E-state index is 14.5. The van der Waals surface area contributed by atoms with Crippen molar-refractivity contribution in [1.29, 1.82) is 0 Å². The summed E-state index contributed by atoms with van der Waals surface area (Å²) in [6, 6.07) is 14.9. The molecule has 5 aromatic heterocycles. The monoisotopic (exact) mass is 1190 g/mol. The summed E-state index contributed by atoms with van der Waals surface area (Å²) in [6.07, 6.45) is -11.3. The minimum atomic E-state index is -5.25. The smallest absolute Gasteiger partial charge is 0.422 e. The van der Waals surface area contributed by atoms with E-state index in [1.54, 1.807) is 41.5 Å². The molecule has 27 heteroatoms. The highest BCUT2D eigenvalue weighted by atomic mass is 35.5. The zero-order valence-electron chi connectivity index (χ0n) is 46.3. The Balaban J connectivity index is 0.000000309. The van der Waals surface area contributed by atoms with E-state index in [1.165, 1.54) is 70.3 Å². The van der Waals surface area contributed by atoms with Crippen LogP contribution in [0.15, 0.2) is 105 Å². The Labute approximate surface area is 476 Å². The molecule has 2 aromatic carbocycles. The first kappa shape index (κ1) is 67.6. The van der Waals surface area contributed by atoms with E-state index in [1.807, 2.05) is 0 Å². The molecule has 0 aliphatic rings. The van der Waals surface area contributed by atoms with Gasteiger partial charge in [0.2, 0.25) is 17.0 Å². The average molecular weight is 1190 g/mol. The Kier molecular flexibility index (Phi) is 21.2. The maximum absolute atomic E-state index is 14.5. The number of alkyl halides is 6. The van der Waals surface area contributed by atoms with Crippen molar-refractivity contribution in [2.45, 2.75) is 135 Å². The van der Waals surface area contributed by atoms with Gasteiger partial charge in [-0.15, -0.1) is 12.4 Å². The number of hydrogen-bond acceptors (Lipinski definition) is 16. The molecular weight excluding hydrogens is 1130 g/mol. The van der Waals surface area contributed by atoms with Crippen molar-refractivity contribution in [2.24, 2.45) is 5.73 Å². The van der Waals surface area contributed by atoms with Crippen molar-refractivity contribution in [2.75, 3.05) is 0 Å². The lowest BCUT2D eigenvalue weighted by Gasteiger charge is -2.33. The third-order valence-electron chi connectivity index (χ3n) is 12.0. The van der Waals surface area contributed by atoms with Gasteiger partial charge in [-0.1, -0.05) is 0 Å². The van der Waals surface area contributed by atoms with E-state index in [0.717, 1.165) is 48.8 Å². The number of rotatable bonds is 16. The fraction of sp³-hybridized carbons (Fsp3) is 0.375. The van der Waals surface area contributed by atoms with Gasteiger partial charge in [0.05, 0.1) is 46.9 Å². The third kappa shape index (κ3) is 17.8. The first-order valence-corrected chi connectivity index (χ1v) is 24.7. The summed E-state index contributed by atoms with van der Waals surface area (Å²) in [7, 11) is 0. The predicted octanol–water partition coefficient (Wildman–Crippen LogP) is 12.3. The summed E-state index contributed by atoms with van der Waals surface area (Å²) < 4.78 is 133. The molecule has 0 aliphatic heterocycles. The van der Waals surface area contributed by atoms with E-state index in [-0.39, 0.29) is 69.5 Å². The first-order chi connectivity index (χ1) is 37.7. The number of oxazole rings is 3. The highest BCUT2D eigenvalue weighted by molar-refractivity contribution is 5.93. The molecule has 2 atom stereocenters. The number of carboxylic acid groups (broad SMARTS) is 1. The topological polar surface area (TPSA) is 280 Å². The number of halogens is 9. The minimum absolute atomic E-state index is 0. The number of carbonyl (C=O) groups is 4. The number of ketones is 2.